The first-order valence-corrected chi connectivity index (χ1v) is 9.35. The lowest BCUT2D eigenvalue weighted by Gasteiger charge is -2.18. The number of aryl methyl sites for hydroxylation is 1. The SMILES string of the molecule is Cc1nc2ccccc2nc1SCC(=O)N(C)Cc1c(F)cccc1Cl. The van der Waals surface area contributed by atoms with Gasteiger partial charge in [0.1, 0.15) is 10.8 Å². The van der Waals surface area contributed by atoms with Crippen molar-refractivity contribution in [3.63, 3.8) is 0 Å². The van der Waals surface area contributed by atoms with E-state index in [2.05, 4.69) is 9.97 Å². The maximum Gasteiger partial charge on any atom is 0.233 e. The topological polar surface area (TPSA) is 46.1 Å². The molecule has 0 atom stereocenters. The number of rotatable bonds is 5. The van der Waals surface area contributed by atoms with Crippen LogP contribution in [0, 0.1) is 12.7 Å². The summed E-state index contributed by atoms with van der Waals surface area (Å²) < 4.78 is 13.9. The summed E-state index contributed by atoms with van der Waals surface area (Å²) in [5.74, 6) is -0.360. The summed E-state index contributed by atoms with van der Waals surface area (Å²) in [7, 11) is 1.63. The van der Waals surface area contributed by atoms with E-state index < -0.39 is 5.82 Å². The molecule has 134 valence electrons. The molecule has 1 aromatic heterocycles. The second-order valence-corrected chi connectivity index (χ2v) is 7.21. The fourth-order valence-electron chi connectivity index (χ4n) is 2.46. The maximum absolute atomic E-state index is 13.9. The summed E-state index contributed by atoms with van der Waals surface area (Å²) in [6.07, 6.45) is 0. The number of carbonyl (C=O) groups is 1. The highest BCUT2D eigenvalue weighted by Crippen LogP contribution is 2.23. The van der Waals surface area contributed by atoms with Crippen LogP contribution in [0.1, 0.15) is 11.3 Å². The van der Waals surface area contributed by atoms with Gasteiger partial charge in [0.2, 0.25) is 5.91 Å². The molecule has 0 spiro atoms. The van der Waals surface area contributed by atoms with Crippen LogP contribution in [0.3, 0.4) is 0 Å². The van der Waals surface area contributed by atoms with E-state index in [0.29, 0.717) is 10.6 Å². The van der Waals surface area contributed by atoms with E-state index in [1.165, 1.54) is 22.7 Å². The van der Waals surface area contributed by atoms with Crippen LogP contribution in [0.25, 0.3) is 11.0 Å². The van der Waals surface area contributed by atoms with Gasteiger partial charge in [-0.05, 0) is 31.2 Å². The standard InChI is InChI=1S/C19H17ClFN3OS/c1-12-19(23-17-9-4-3-8-16(17)22-12)26-11-18(25)24(2)10-13-14(20)6-5-7-15(13)21/h3-9H,10-11H2,1-2H3. The fourth-order valence-corrected chi connectivity index (χ4v) is 3.58. The van der Waals surface area contributed by atoms with Crippen molar-refractivity contribution < 1.29 is 9.18 Å². The van der Waals surface area contributed by atoms with Crippen LogP contribution in [0.4, 0.5) is 4.39 Å². The number of fused-ring (bicyclic) bond motifs is 1. The molecule has 26 heavy (non-hydrogen) atoms. The van der Waals surface area contributed by atoms with Crippen LogP contribution in [0.2, 0.25) is 5.02 Å². The number of amides is 1. The van der Waals surface area contributed by atoms with Crippen LogP contribution >= 0.6 is 23.4 Å². The van der Waals surface area contributed by atoms with Gasteiger partial charge in [-0.25, -0.2) is 14.4 Å². The van der Waals surface area contributed by atoms with Crippen molar-refractivity contribution in [3.8, 4) is 0 Å². The van der Waals surface area contributed by atoms with E-state index in [1.807, 2.05) is 31.2 Å². The quantitative estimate of drug-likeness (QED) is 0.603. The first-order valence-electron chi connectivity index (χ1n) is 7.98. The lowest BCUT2D eigenvalue weighted by atomic mass is 10.2. The molecule has 0 fully saturated rings. The van der Waals surface area contributed by atoms with Crippen LogP contribution in [-0.4, -0.2) is 33.6 Å². The molecule has 0 aliphatic carbocycles. The van der Waals surface area contributed by atoms with E-state index in [4.69, 9.17) is 11.6 Å². The van der Waals surface area contributed by atoms with Crippen LogP contribution in [0.5, 0.6) is 0 Å². The van der Waals surface area contributed by atoms with E-state index in [0.717, 1.165) is 21.8 Å². The van der Waals surface area contributed by atoms with Crippen molar-refractivity contribution in [1.82, 2.24) is 14.9 Å². The Morgan fingerprint density at radius 2 is 1.85 bits per heavy atom. The van der Waals surface area contributed by atoms with E-state index in [1.54, 1.807) is 19.2 Å². The summed E-state index contributed by atoms with van der Waals surface area (Å²) in [5, 5.41) is 1.03. The van der Waals surface area contributed by atoms with Crippen LogP contribution < -0.4 is 0 Å². The molecule has 0 saturated carbocycles. The third-order valence-electron chi connectivity index (χ3n) is 3.92. The predicted molar refractivity (Wildman–Crippen MR) is 103 cm³/mol. The zero-order chi connectivity index (χ0) is 18.7. The Bertz CT molecular complexity index is 946. The molecule has 1 heterocycles. The number of aromatic nitrogens is 2. The number of thioether (sulfide) groups is 1. The zero-order valence-electron chi connectivity index (χ0n) is 14.4. The molecule has 1 amide bonds. The van der Waals surface area contributed by atoms with Gasteiger partial charge in [-0.1, -0.05) is 41.6 Å². The highest BCUT2D eigenvalue weighted by molar-refractivity contribution is 7.99. The van der Waals surface area contributed by atoms with E-state index in [9.17, 15) is 9.18 Å². The zero-order valence-corrected chi connectivity index (χ0v) is 15.9. The van der Waals surface area contributed by atoms with Crippen molar-refractivity contribution >= 4 is 40.3 Å². The molecule has 0 bridgehead atoms. The number of nitrogens with zero attached hydrogens (tertiary/aromatic N) is 3. The monoisotopic (exact) mass is 389 g/mol. The largest absolute Gasteiger partial charge is 0.341 e. The molecule has 0 N–H and O–H groups in total. The van der Waals surface area contributed by atoms with Gasteiger partial charge in [0.25, 0.3) is 0 Å². The van der Waals surface area contributed by atoms with Gasteiger partial charge in [0, 0.05) is 24.2 Å². The van der Waals surface area contributed by atoms with Gasteiger partial charge in [0.15, 0.2) is 0 Å². The molecule has 0 radical (unpaired) electrons. The van der Waals surface area contributed by atoms with E-state index >= 15 is 0 Å². The van der Waals surface area contributed by atoms with Crippen molar-refractivity contribution in [2.24, 2.45) is 0 Å². The summed E-state index contributed by atoms with van der Waals surface area (Å²) in [4.78, 5) is 22.9. The molecule has 3 rings (SSSR count). The molecule has 4 nitrogen and oxygen atoms in total. The average Bonchev–Trinajstić information content (AvgIpc) is 2.62. The van der Waals surface area contributed by atoms with Gasteiger partial charge < -0.3 is 4.90 Å². The first-order chi connectivity index (χ1) is 12.5. The molecular weight excluding hydrogens is 373 g/mol. The fraction of sp³-hybridized carbons (Fsp3) is 0.211. The van der Waals surface area contributed by atoms with E-state index in [-0.39, 0.29) is 18.2 Å². The number of halogens is 2. The predicted octanol–water partition coefficient (Wildman–Crippen LogP) is 4.48. The Kier molecular flexibility index (Phi) is 5.74. The minimum Gasteiger partial charge on any atom is -0.341 e. The second-order valence-electron chi connectivity index (χ2n) is 5.84. The van der Waals surface area contributed by atoms with Crippen LogP contribution in [0.15, 0.2) is 47.5 Å². The summed E-state index contributed by atoms with van der Waals surface area (Å²) in [6.45, 7) is 1.99. The number of hydrogen-bond acceptors (Lipinski definition) is 4. The molecule has 0 saturated heterocycles. The molecular formula is C19H17ClFN3OS. The summed E-state index contributed by atoms with van der Waals surface area (Å²) in [6, 6.07) is 12.1. The molecule has 0 unspecified atom stereocenters. The third kappa shape index (κ3) is 4.14. The summed E-state index contributed by atoms with van der Waals surface area (Å²) >= 11 is 7.35. The Balaban J connectivity index is 1.67. The van der Waals surface area contributed by atoms with Crippen LogP contribution in [-0.2, 0) is 11.3 Å². The highest BCUT2D eigenvalue weighted by atomic mass is 35.5. The Morgan fingerprint density at radius 3 is 2.54 bits per heavy atom. The smallest absolute Gasteiger partial charge is 0.233 e. The number of benzene rings is 2. The maximum atomic E-state index is 13.9. The Hall–Kier alpha value is -2.18. The third-order valence-corrected chi connectivity index (χ3v) is 5.32. The van der Waals surface area contributed by atoms with Crippen molar-refractivity contribution in [2.45, 2.75) is 18.5 Å². The van der Waals surface area contributed by atoms with Gasteiger partial charge in [-0.15, -0.1) is 0 Å². The van der Waals surface area contributed by atoms with Gasteiger partial charge >= 0.3 is 0 Å². The van der Waals surface area contributed by atoms with Crippen molar-refractivity contribution in [1.29, 1.82) is 0 Å². The molecule has 0 aliphatic rings. The summed E-state index contributed by atoms with van der Waals surface area (Å²) in [5.41, 5.74) is 2.71. The highest BCUT2D eigenvalue weighted by Gasteiger charge is 2.16. The molecule has 2 aromatic carbocycles. The normalized spacial score (nSPS) is 10.9. The number of hydrogen-bond donors (Lipinski definition) is 0. The Labute approximate surface area is 160 Å². The lowest BCUT2D eigenvalue weighted by molar-refractivity contribution is -0.127. The number of para-hydroxylation sites is 2. The second kappa shape index (κ2) is 8.01. The Morgan fingerprint density at radius 1 is 1.15 bits per heavy atom. The van der Waals surface area contributed by atoms with Gasteiger partial charge in [-0.2, -0.15) is 0 Å². The first kappa shape index (κ1) is 18.6. The lowest BCUT2D eigenvalue weighted by Crippen LogP contribution is -2.28. The van der Waals surface area contributed by atoms with Gasteiger partial charge in [-0.3, -0.25) is 4.79 Å². The van der Waals surface area contributed by atoms with Crippen molar-refractivity contribution in [2.75, 3.05) is 12.8 Å². The minimum atomic E-state index is -0.416. The van der Waals surface area contributed by atoms with Crippen molar-refractivity contribution in [3.05, 3.63) is 64.6 Å². The average molecular weight is 390 g/mol. The molecule has 7 heteroatoms. The molecule has 3 aromatic rings. The van der Waals surface area contributed by atoms with Gasteiger partial charge in [0.05, 0.1) is 22.5 Å². The molecule has 0 aliphatic heterocycles. The minimum absolute atomic E-state index is 0.118. The number of carbonyl (C=O) groups excluding carboxylic acids is 1.